The van der Waals surface area contributed by atoms with Crippen molar-refractivity contribution >= 4 is 17.9 Å². The third-order valence-corrected chi connectivity index (χ3v) is 6.46. The number of unbranched alkanes of at least 4 members (excludes halogenated alkanes) is 5. The van der Waals surface area contributed by atoms with Crippen LogP contribution in [0.25, 0.3) is 0 Å². The van der Waals surface area contributed by atoms with Crippen LogP contribution in [0.1, 0.15) is 77.3 Å². The van der Waals surface area contributed by atoms with Gasteiger partial charge in [0.2, 0.25) is 11.8 Å². The topological polar surface area (TPSA) is 117 Å². The van der Waals surface area contributed by atoms with Crippen molar-refractivity contribution in [2.75, 3.05) is 13.2 Å². The van der Waals surface area contributed by atoms with Gasteiger partial charge in [0.1, 0.15) is 17.2 Å². The molecule has 0 bridgehead atoms. The fraction of sp³-hybridized carbons (Fsp3) is 0.531. The Bertz CT molecular complexity index is 1040. The largest absolute Gasteiger partial charge is 0.444 e. The molecule has 2 aromatic rings. The van der Waals surface area contributed by atoms with Crippen LogP contribution in [-0.4, -0.2) is 53.3 Å². The highest BCUT2D eigenvalue weighted by atomic mass is 16.6. The Hall–Kier alpha value is -3.39. The fourth-order valence-corrected chi connectivity index (χ4v) is 4.39. The number of carbonyl (C=O) groups is 3. The van der Waals surface area contributed by atoms with Crippen LogP contribution in [0.3, 0.4) is 0 Å². The number of ether oxygens (including phenoxy) is 1. The summed E-state index contributed by atoms with van der Waals surface area (Å²) in [5.74, 6) is -0.743. The Kier molecular flexibility index (Phi) is 13.7. The zero-order valence-corrected chi connectivity index (χ0v) is 24.5. The summed E-state index contributed by atoms with van der Waals surface area (Å²) in [6.07, 6.45) is 5.58. The first-order valence-corrected chi connectivity index (χ1v) is 14.3. The van der Waals surface area contributed by atoms with Gasteiger partial charge in [0, 0.05) is 26.0 Å². The predicted octanol–water partition coefficient (Wildman–Crippen LogP) is 4.69. The van der Waals surface area contributed by atoms with E-state index in [1.165, 1.54) is 0 Å². The number of hydrogen-bond acceptors (Lipinski definition) is 5. The molecule has 0 fully saturated rings. The standard InChI is InChI=1S/C32H47N3O5/c1-31(2,3)40-30(39)34-27(23-25-17-11-9-12-18-25)28(37)35-32(4,24-26-19-13-10-14-20-26)29(38)33-21-15-7-5-6-8-16-22-36/h9-14,17-20,27,36H,5-8,15-16,21-24H2,1-4H3,(H,33,38)(H,34,39)(H,35,37)/t27-,32-/m0/s1. The fourth-order valence-electron chi connectivity index (χ4n) is 4.39. The summed E-state index contributed by atoms with van der Waals surface area (Å²) in [7, 11) is 0. The van der Waals surface area contributed by atoms with Crippen molar-refractivity contribution in [3.05, 3.63) is 71.8 Å². The third-order valence-electron chi connectivity index (χ3n) is 6.46. The first-order chi connectivity index (χ1) is 19.0. The lowest BCUT2D eigenvalue weighted by Gasteiger charge is -2.32. The van der Waals surface area contributed by atoms with Crippen molar-refractivity contribution in [2.24, 2.45) is 0 Å². The molecule has 0 aliphatic rings. The molecule has 0 unspecified atom stereocenters. The lowest BCUT2D eigenvalue weighted by Crippen LogP contribution is -2.62. The minimum atomic E-state index is -1.25. The molecule has 8 nitrogen and oxygen atoms in total. The van der Waals surface area contributed by atoms with E-state index < -0.39 is 29.2 Å². The van der Waals surface area contributed by atoms with Crippen molar-refractivity contribution in [3.63, 3.8) is 0 Å². The SMILES string of the molecule is CC(C)(C)OC(=O)N[C@@H](Cc1ccccc1)C(=O)N[C@@](C)(Cc1ccccc1)C(=O)NCCCCCCCCO. The predicted molar refractivity (Wildman–Crippen MR) is 158 cm³/mol. The van der Waals surface area contributed by atoms with Crippen LogP contribution >= 0.6 is 0 Å². The molecule has 40 heavy (non-hydrogen) atoms. The van der Waals surface area contributed by atoms with Gasteiger partial charge in [0.25, 0.3) is 0 Å². The van der Waals surface area contributed by atoms with E-state index in [0.29, 0.717) is 6.54 Å². The minimum Gasteiger partial charge on any atom is -0.444 e. The normalized spacial score (nSPS) is 13.5. The van der Waals surface area contributed by atoms with E-state index in [4.69, 9.17) is 9.84 Å². The number of alkyl carbamates (subject to hydrolysis) is 1. The lowest BCUT2D eigenvalue weighted by molar-refractivity contribution is -0.133. The number of benzene rings is 2. The first kappa shape index (κ1) is 32.8. The first-order valence-electron chi connectivity index (χ1n) is 14.3. The maximum atomic E-state index is 13.7. The number of hydrogen-bond donors (Lipinski definition) is 4. The molecule has 8 heteroatoms. The van der Waals surface area contributed by atoms with Gasteiger partial charge in [-0.2, -0.15) is 0 Å². The smallest absolute Gasteiger partial charge is 0.408 e. The molecule has 2 atom stereocenters. The van der Waals surface area contributed by atoms with Gasteiger partial charge in [0.15, 0.2) is 0 Å². The molecule has 4 N–H and O–H groups in total. The molecular weight excluding hydrogens is 506 g/mol. The van der Waals surface area contributed by atoms with Crippen LogP contribution in [0.15, 0.2) is 60.7 Å². The second kappa shape index (κ2) is 16.7. The van der Waals surface area contributed by atoms with Gasteiger partial charge in [-0.05, 0) is 51.7 Å². The van der Waals surface area contributed by atoms with E-state index >= 15 is 0 Å². The number of aliphatic hydroxyl groups excluding tert-OH is 1. The Morgan fingerprint density at radius 2 is 1.35 bits per heavy atom. The average molecular weight is 554 g/mol. The lowest BCUT2D eigenvalue weighted by atomic mass is 9.90. The van der Waals surface area contributed by atoms with E-state index in [-0.39, 0.29) is 25.4 Å². The molecule has 0 saturated heterocycles. The van der Waals surface area contributed by atoms with Gasteiger partial charge < -0.3 is 25.8 Å². The van der Waals surface area contributed by atoms with Gasteiger partial charge in [0.05, 0.1) is 0 Å². The molecule has 0 aliphatic heterocycles. The number of carbonyl (C=O) groups excluding carboxylic acids is 3. The molecule has 0 saturated carbocycles. The van der Waals surface area contributed by atoms with Crippen molar-refractivity contribution in [1.82, 2.24) is 16.0 Å². The highest BCUT2D eigenvalue weighted by molar-refractivity contribution is 5.94. The van der Waals surface area contributed by atoms with Gasteiger partial charge in [-0.3, -0.25) is 9.59 Å². The molecule has 0 aromatic heterocycles. The second-order valence-corrected chi connectivity index (χ2v) is 11.5. The van der Waals surface area contributed by atoms with Gasteiger partial charge >= 0.3 is 6.09 Å². The summed E-state index contributed by atoms with van der Waals surface area (Å²) in [6.45, 7) is 7.72. The van der Waals surface area contributed by atoms with Crippen molar-refractivity contribution in [3.8, 4) is 0 Å². The zero-order chi connectivity index (χ0) is 29.4. The zero-order valence-electron chi connectivity index (χ0n) is 24.5. The second-order valence-electron chi connectivity index (χ2n) is 11.5. The van der Waals surface area contributed by atoms with Crippen molar-refractivity contribution in [1.29, 1.82) is 0 Å². The third kappa shape index (κ3) is 12.6. The van der Waals surface area contributed by atoms with Gasteiger partial charge in [-0.15, -0.1) is 0 Å². The number of aliphatic hydroxyl groups is 1. The van der Waals surface area contributed by atoms with E-state index in [2.05, 4.69) is 16.0 Å². The van der Waals surface area contributed by atoms with Crippen LogP contribution in [0.5, 0.6) is 0 Å². The summed E-state index contributed by atoms with van der Waals surface area (Å²) in [5.41, 5.74) is -0.196. The summed E-state index contributed by atoms with van der Waals surface area (Å²) in [5, 5.41) is 17.6. The van der Waals surface area contributed by atoms with Crippen LogP contribution < -0.4 is 16.0 Å². The van der Waals surface area contributed by atoms with E-state index in [9.17, 15) is 14.4 Å². The Morgan fingerprint density at radius 1 is 0.800 bits per heavy atom. The van der Waals surface area contributed by atoms with Crippen molar-refractivity contribution < 1.29 is 24.2 Å². The van der Waals surface area contributed by atoms with E-state index in [1.54, 1.807) is 27.7 Å². The number of amides is 3. The molecule has 220 valence electrons. The molecule has 2 aromatic carbocycles. The summed E-state index contributed by atoms with van der Waals surface area (Å²) < 4.78 is 5.41. The summed E-state index contributed by atoms with van der Waals surface area (Å²) in [4.78, 5) is 39.8. The van der Waals surface area contributed by atoms with Crippen LogP contribution in [0.2, 0.25) is 0 Å². The monoisotopic (exact) mass is 553 g/mol. The Balaban J connectivity index is 2.15. The van der Waals surface area contributed by atoms with Crippen LogP contribution in [0, 0.1) is 0 Å². The molecule has 3 amide bonds. The Labute approximate surface area is 239 Å². The molecule has 0 aliphatic carbocycles. The van der Waals surface area contributed by atoms with E-state index in [1.807, 2.05) is 60.7 Å². The quantitative estimate of drug-likeness (QED) is 0.225. The van der Waals surface area contributed by atoms with Crippen LogP contribution in [-0.2, 0) is 27.2 Å². The molecule has 0 heterocycles. The molecular formula is C32H47N3O5. The highest BCUT2D eigenvalue weighted by Gasteiger charge is 2.37. The number of rotatable bonds is 16. The maximum Gasteiger partial charge on any atom is 0.408 e. The molecule has 0 spiro atoms. The number of nitrogens with one attached hydrogen (secondary N) is 3. The Morgan fingerprint density at radius 3 is 1.93 bits per heavy atom. The molecule has 0 radical (unpaired) electrons. The van der Waals surface area contributed by atoms with E-state index in [0.717, 1.165) is 49.7 Å². The van der Waals surface area contributed by atoms with Crippen LogP contribution in [0.4, 0.5) is 4.79 Å². The van der Waals surface area contributed by atoms with Crippen molar-refractivity contribution in [2.45, 2.75) is 96.2 Å². The van der Waals surface area contributed by atoms with Gasteiger partial charge in [-0.25, -0.2) is 4.79 Å². The summed E-state index contributed by atoms with van der Waals surface area (Å²) >= 11 is 0. The summed E-state index contributed by atoms with van der Waals surface area (Å²) in [6, 6.07) is 18.0. The van der Waals surface area contributed by atoms with Gasteiger partial charge in [-0.1, -0.05) is 86.3 Å². The maximum absolute atomic E-state index is 13.7. The average Bonchev–Trinajstić information content (AvgIpc) is 2.89. The minimum absolute atomic E-state index is 0.223. The highest BCUT2D eigenvalue weighted by Crippen LogP contribution is 2.16. The molecule has 2 rings (SSSR count).